The average molecular weight is 263 g/mol. The molecule has 1 aromatic rings. The molecule has 0 radical (unpaired) electrons. The van der Waals surface area contributed by atoms with E-state index in [1.165, 1.54) is 5.56 Å². The Labute approximate surface area is 116 Å². The van der Waals surface area contributed by atoms with E-state index in [2.05, 4.69) is 41.7 Å². The molecule has 19 heavy (non-hydrogen) atoms. The molecule has 1 aliphatic heterocycles. The third kappa shape index (κ3) is 3.53. The molecule has 0 saturated carbocycles. The summed E-state index contributed by atoms with van der Waals surface area (Å²) < 4.78 is 0. The number of aromatic nitrogens is 1. The number of hydrogen-bond acceptors (Lipinski definition) is 4. The van der Waals surface area contributed by atoms with Gasteiger partial charge in [-0.1, -0.05) is 6.07 Å². The van der Waals surface area contributed by atoms with E-state index in [4.69, 9.17) is 0 Å². The SMILES string of the molecule is CN1C(CCO)CN(Cc2cccnc2)CC1(C)C. The van der Waals surface area contributed by atoms with Gasteiger partial charge in [0.2, 0.25) is 0 Å². The van der Waals surface area contributed by atoms with Crippen LogP contribution in [0.4, 0.5) is 0 Å². The van der Waals surface area contributed by atoms with E-state index in [1.807, 2.05) is 18.5 Å². The fourth-order valence-electron chi connectivity index (χ4n) is 2.94. The monoisotopic (exact) mass is 263 g/mol. The van der Waals surface area contributed by atoms with Crippen LogP contribution in [0.5, 0.6) is 0 Å². The molecule has 4 heteroatoms. The number of piperazine rings is 1. The van der Waals surface area contributed by atoms with Crippen LogP contribution in [0.1, 0.15) is 25.8 Å². The van der Waals surface area contributed by atoms with Crippen LogP contribution in [0.2, 0.25) is 0 Å². The van der Waals surface area contributed by atoms with Gasteiger partial charge in [-0.3, -0.25) is 14.8 Å². The molecule has 106 valence electrons. The molecule has 2 heterocycles. The van der Waals surface area contributed by atoms with Crippen LogP contribution in [-0.2, 0) is 6.54 Å². The first-order valence-corrected chi connectivity index (χ1v) is 6.98. The Bertz CT molecular complexity index is 394. The third-order valence-corrected chi connectivity index (χ3v) is 4.17. The van der Waals surface area contributed by atoms with E-state index in [0.717, 1.165) is 26.1 Å². The molecular weight excluding hydrogens is 238 g/mol. The number of rotatable bonds is 4. The second-order valence-electron chi connectivity index (χ2n) is 6.12. The lowest BCUT2D eigenvalue weighted by molar-refractivity contribution is -0.0178. The van der Waals surface area contributed by atoms with Crippen molar-refractivity contribution in [3.63, 3.8) is 0 Å². The van der Waals surface area contributed by atoms with Crippen molar-refractivity contribution in [1.82, 2.24) is 14.8 Å². The van der Waals surface area contributed by atoms with Gasteiger partial charge in [0.05, 0.1) is 0 Å². The summed E-state index contributed by atoms with van der Waals surface area (Å²) in [5.74, 6) is 0. The molecule has 0 bridgehead atoms. The van der Waals surface area contributed by atoms with Gasteiger partial charge in [-0.25, -0.2) is 0 Å². The number of nitrogens with zero attached hydrogens (tertiary/aromatic N) is 3. The van der Waals surface area contributed by atoms with Gasteiger partial charge in [0, 0.05) is 50.2 Å². The maximum atomic E-state index is 9.23. The highest BCUT2D eigenvalue weighted by atomic mass is 16.3. The molecule has 1 aliphatic rings. The molecular formula is C15H25N3O. The summed E-state index contributed by atoms with van der Waals surface area (Å²) in [6.45, 7) is 7.79. The van der Waals surface area contributed by atoms with E-state index in [9.17, 15) is 5.11 Å². The van der Waals surface area contributed by atoms with Crippen LogP contribution in [0.3, 0.4) is 0 Å². The fraction of sp³-hybridized carbons (Fsp3) is 0.667. The zero-order valence-electron chi connectivity index (χ0n) is 12.2. The fourth-order valence-corrected chi connectivity index (χ4v) is 2.94. The van der Waals surface area contributed by atoms with Crippen molar-refractivity contribution in [3.05, 3.63) is 30.1 Å². The van der Waals surface area contributed by atoms with Gasteiger partial charge >= 0.3 is 0 Å². The summed E-state index contributed by atoms with van der Waals surface area (Å²) in [6.07, 6.45) is 4.59. The van der Waals surface area contributed by atoms with E-state index >= 15 is 0 Å². The van der Waals surface area contributed by atoms with Crippen LogP contribution in [0, 0.1) is 0 Å². The molecule has 4 nitrogen and oxygen atoms in total. The lowest BCUT2D eigenvalue weighted by atomic mass is 9.94. The standard InChI is InChI=1S/C15H25N3O/c1-15(2)12-18(10-13-5-4-7-16-9-13)11-14(6-8-19)17(15)3/h4-5,7,9,14,19H,6,8,10-12H2,1-3H3. The van der Waals surface area contributed by atoms with E-state index < -0.39 is 0 Å². The van der Waals surface area contributed by atoms with Gasteiger partial charge in [0.1, 0.15) is 0 Å². The predicted octanol–water partition coefficient (Wildman–Crippen LogP) is 1.36. The first-order valence-electron chi connectivity index (χ1n) is 6.98. The minimum atomic E-state index is 0.139. The van der Waals surface area contributed by atoms with Crippen LogP contribution >= 0.6 is 0 Å². The molecule has 0 aromatic carbocycles. The largest absolute Gasteiger partial charge is 0.396 e. The van der Waals surface area contributed by atoms with Crippen molar-refractivity contribution >= 4 is 0 Å². The Kier molecular flexibility index (Phi) is 4.55. The minimum Gasteiger partial charge on any atom is -0.396 e. The van der Waals surface area contributed by atoms with E-state index in [1.54, 1.807) is 0 Å². The van der Waals surface area contributed by atoms with Crippen molar-refractivity contribution < 1.29 is 5.11 Å². The van der Waals surface area contributed by atoms with Gasteiger partial charge in [-0.05, 0) is 38.9 Å². The normalized spacial score (nSPS) is 24.5. The Morgan fingerprint density at radius 3 is 2.89 bits per heavy atom. The Morgan fingerprint density at radius 2 is 2.26 bits per heavy atom. The maximum absolute atomic E-state index is 9.23. The smallest absolute Gasteiger partial charge is 0.0446 e. The van der Waals surface area contributed by atoms with Crippen molar-refractivity contribution in [2.45, 2.75) is 38.4 Å². The molecule has 0 amide bonds. The quantitative estimate of drug-likeness (QED) is 0.890. The summed E-state index contributed by atoms with van der Waals surface area (Å²) >= 11 is 0. The molecule has 1 aromatic heterocycles. The van der Waals surface area contributed by atoms with Gasteiger partial charge < -0.3 is 5.11 Å². The second kappa shape index (κ2) is 5.99. The number of pyridine rings is 1. The van der Waals surface area contributed by atoms with Crippen molar-refractivity contribution in [2.24, 2.45) is 0 Å². The Balaban J connectivity index is 2.05. The summed E-state index contributed by atoms with van der Waals surface area (Å²) in [6, 6.07) is 4.53. The highest BCUT2D eigenvalue weighted by Gasteiger charge is 2.36. The number of aliphatic hydroxyl groups is 1. The first kappa shape index (κ1) is 14.4. The average Bonchev–Trinajstić information content (AvgIpc) is 2.36. The highest BCUT2D eigenvalue weighted by Crippen LogP contribution is 2.25. The summed E-state index contributed by atoms with van der Waals surface area (Å²) in [4.78, 5) is 9.06. The Morgan fingerprint density at radius 1 is 1.47 bits per heavy atom. The molecule has 1 N–H and O–H groups in total. The number of aliphatic hydroxyl groups excluding tert-OH is 1. The molecule has 2 rings (SSSR count). The van der Waals surface area contributed by atoms with Gasteiger partial charge in [0.15, 0.2) is 0 Å². The van der Waals surface area contributed by atoms with Crippen LogP contribution in [-0.4, -0.2) is 58.2 Å². The molecule has 1 fully saturated rings. The zero-order valence-corrected chi connectivity index (χ0v) is 12.2. The van der Waals surface area contributed by atoms with Gasteiger partial charge in [0.25, 0.3) is 0 Å². The lowest BCUT2D eigenvalue weighted by Gasteiger charge is -2.50. The molecule has 1 atom stereocenters. The van der Waals surface area contributed by atoms with E-state index in [-0.39, 0.29) is 12.1 Å². The molecule has 1 saturated heterocycles. The van der Waals surface area contributed by atoms with Crippen molar-refractivity contribution in [1.29, 1.82) is 0 Å². The first-order chi connectivity index (χ1) is 9.03. The van der Waals surface area contributed by atoms with Crippen molar-refractivity contribution in [2.75, 3.05) is 26.7 Å². The number of hydrogen-bond donors (Lipinski definition) is 1. The Hall–Kier alpha value is -0.970. The van der Waals surface area contributed by atoms with Crippen LogP contribution in [0.15, 0.2) is 24.5 Å². The molecule has 1 unspecified atom stereocenters. The lowest BCUT2D eigenvalue weighted by Crippen LogP contribution is -2.62. The number of likely N-dealkylation sites (N-methyl/N-ethyl adjacent to an activating group) is 1. The second-order valence-corrected chi connectivity index (χ2v) is 6.12. The minimum absolute atomic E-state index is 0.139. The molecule has 0 aliphatic carbocycles. The molecule has 0 spiro atoms. The van der Waals surface area contributed by atoms with Crippen LogP contribution < -0.4 is 0 Å². The predicted molar refractivity (Wildman–Crippen MR) is 76.8 cm³/mol. The topological polar surface area (TPSA) is 39.6 Å². The maximum Gasteiger partial charge on any atom is 0.0446 e. The zero-order chi connectivity index (χ0) is 13.9. The van der Waals surface area contributed by atoms with Crippen molar-refractivity contribution in [3.8, 4) is 0 Å². The van der Waals surface area contributed by atoms with E-state index in [0.29, 0.717) is 6.04 Å². The highest BCUT2D eigenvalue weighted by molar-refractivity contribution is 5.09. The third-order valence-electron chi connectivity index (χ3n) is 4.17. The van der Waals surface area contributed by atoms with Crippen LogP contribution in [0.25, 0.3) is 0 Å². The summed E-state index contributed by atoms with van der Waals surface area (Å²) in [7, 11) is 2.17. The summed E-state index contributed by atoms with van der Waals surface area (Å²) in [5.41, 5.74) is 1.39. The van der Waals surface area contributed by atoms with Gasteiger partial charge in [-0.15, -0.1) is 0 Å². The van der Waals surface area contributed by atoms with Gasteiger partial charge in [-0.2, -0.15) is 0 Å². The summed E-state index contributed by atoms with van der Waals surface area (Å²) in [5, 5.41) is 9.23.